The zero-order chi connectivity index (χ0) is 25.0. The Morgan fingerprint density at radius 3 is 2.24 bits per heavy atom. The molecular weight excluding hydrogens is 448 g/mol. The van der Waals surface area contributed by atoms with E-state index in [4.69, 9.17) is 11.6 Å². The minimum absolute atomic E-state index is 0.306. The van der Waals surface area contributed by atoms with Gasteiger partial charge in [-0.15, -0.1) is 0 Å². The van der Waals surface area contributed by atoms with Crippen molar-refractivity contribution < 1.29 is 14.7 Å². The number of aliphatic carboxylic acids is 1. The Balaban J connectivity index is 1.94. The number of nitrogens with zero attached hydrogens (tertiary/aromatic N) is 2. The van der Waals surface area contributed by atoms with Crippen molar-refractivity contribution in [1.82, 2.24) is 4.90 Å². The van der Waals surface area contributed by atoms with Gasteiger partial charge in [-0.3, -0.25) is 4.79 Å². The highest BCUT2D eigenvalue weighted by atomic mass is 35.5. The molecule has 6 heteroatoms. The van der Waals surface area contributed by atoms with E-state index in [0.717, 1.165) is 51.6 Å². The first kappa shape index (κ1) is 25.3. The summed E-state index contributed by atoms with van der Waals surface area (Å²) < 4.78 is 0. The van der Waals surface area contributed by atoms with E-state index in [9.17, 15) is 14.7 Å². The monoisotopic (exact) mass is 478 g/mol. The molecule has 0 heterocycles. The fraction of sp³-hybridized carbons (Fsp3) is 0.286. The molecule has 0 aliphatic rings. The molecule has 3 aromatic carbocycles. The first-order chi connectivity index (χ1) is 16.1. The summed E-state index contributed by atoms with van der Waals surface area (Å²) in [6.45, 7) is 8.40. The third-order valence-corrected chi connectivity index (χ3v) is 6.53. The third kappa shape index (κ3) is 5.42. The number of carboxylic acids is 1. The maximum absolute atomic E-state index is 12.8. The fourth-order valence-electron chi connectivity index (χ4n) is 3.90. The van der Waals surface area contributed by atoms with Gasteiger partial charge in [-0.25, -0.2) is 4.79 Å². The van der Waals surface area contributed by atoms with Gasteiger partial charge in [0, 0.05) is 35.6 Å². The van der Waals surface area contributed by atoms with Gasteiger partial charge in [0.05, 0.1) is 0 Å². The van der Waals surface area contributed by atoms with Crippen LogP contribution in [0.3, 0.4) is 0 Å². The van der Waals surface area contributed by atoms with Crippen LogP contribution in [-0.4, -0.2) is 41.5 Å². The maximum atomic E-state index is 12.8. The molecular formula is C28H31ClN2O3. The zero-order valence-electron chi connectivity index (χ0n) is 20.3. The highest BCUT2D eigenvalue weighted by molar-refractivity contribution is 6.31. The van der Waals surface area contributed by atoms with Gasteiger partial charge in [0.15, 0.2) is 0 Å². The first-order valence-corrected chi connectivity index (χ1v) is 11.8. The summed E-state index contributed by atoms with van der Waals surface area (Å²) in [5, 5.41) is 9.98. The summed E-state index contributed by atoms with van der Waals surface area (Å²) >= 11 is 6.24. The molecule has 34 heavy (non-hydrogen) atoms. The lowest BCUT2D eigenvalue weighted by molar-refractivity contribution is -0.141. The highest BCUT2D eigenvalue weighted by Crippen LogP contribution is 2.32. The standard InChI is InChI=1S/C28H31ClN2O3/c1-6-14-31(24-11-13-26(29)19(3)16-24)23-9-7-8-21(17-23)22-10-12-25(18(2)15-22)27(32)30(5)20(4)28(33)34/h7-13,15-17,20H,6,14H2,1-5H3,(H,33,34)/t20-/m0/s1. The molecule has 3 aromatic rings. The lowest BCUT2D eigenvalue weighted by Crippen LogP contribution is -2.40. The molecule has 0 radical (unpaired) electrons. The summed E-state index contributed by atoms with van der Waals surface area (Å²) in [5.74, 6) is -1.34. The molecule has 0 aliphatic heterocycles. The first-order valence-electron chi connectivity index (χ1n) is 11.4. The minimum atomic E-state index is -1.03. The fourth-order valence-corrected chi connectivity index (χ4v) is 4.01. The second-order valence-electron chi connectivity index (χ2n) is 8.60. The SMILES string of the molecule is CCCN(c1cccc(-c2ccc(C(=O)N(C)[C@@H](C)C(=O)O)c(C)c2)c1)c1ccc(Cl)c(C)c1. The molecule has 0 aromatic heterocycles. The molecule has 3 rings (SSSR count). The number of hydrogen-bond acceptors (Lipinski definition) is 3. The number of anilines is 2. The molecule has 0 aliphatic carbocycles. The maximum Gasteiger partial charge on any atom is 0.326 e. The lowest BCUT2D eigenvalue weighted by atomic mass is 9.98. The van der Waals surface area contributed by atoms with E-state index < -0.39 is 12.0 Å². The zero-order valence-corrected chi connectivity index (χ0v) is 21.1. The molecule has 5 nitrogen and oxygen atoms in total. The largest absolute Gasteiger partial charge is 0.480 e. The van der Waals surface area contributed by atoms with Gasteiger partial charge >= 0.3 is 5.97 Å². The van der Waals surface area contributed by atoms with E-state index in [1.54, 1.807) is 6.07 Å². The summed E-state index contributed by atoms with van der Waals surface area (Å²) in [6, 6.07) is 19.2. The Kier molecular flexibility index (Phi) is 8.00. The average Bonchev–Trinajstić information content (AvgIpc) is 2.83. The van der Waals surface area contributed by atoms with Gasteiger partial charge in [0.25, 0.3) is 5.91 Å². The van der Waals surface area contributed by atoms with Crippen LogP contribution in [0.5, 0.6) is 0 Å². The van der Waals surface area contributed by atoms with Crippen LogP contribution >= 0.6 is 11.6 Å². The number of aryl methyl sites for hydroxylation is 2. The summed E-state index contributed by atoms with van der Waals surface area (Å²) in [7, 11) is 1.51. The second kappa shape index (κ2) is 10.7. The van der Waals surface area contributed by atoms with E-state index in [2.05, 4.69) is 36.1 Å². The van der Waals surface area contributed by atoms with E-state index in [0.29, 0.717) is 5.56 Å². The van der Waals surface area contributed by atoms with Crippen molar-refractivity contribution in [2.24, 2.45) is 0 Å². The van der Waals surface area contributed by atoms with Crippen LogP contribution in [0.1, 0.15) is 41.8 Å². The molecule has 0 unspecified atom stereocenters. The van der Waals surface area contributed by atoms with Crippen molar-refractivity contribution in [3.63, 3.8) is 0 Å². The van der Waals surface area contributed by atoms with E-state index in [-0.39, 0.29) is 5.91 Å². The molecule has 1 amide bonds. The molecule has 0 saturated carbocycles. The van der Waals surface area contributed by atoms with Gasteiger partial charge in [-0.2, -0.15) is 0 Å². The number of hydrogen-bond donors (Lipinski definition) is 1. The number of carbonyl (C=O) groups excluding carboxylic acids is 1. The Bertz CT molecular complexity index is 1210. The third-order valence-electron chi connectivity index (χ3n) is 6.11. The predicted molar refractivity (Wildman–Crippen MR) is 139 cm³/mol. The highest BCUT2D eigenvalue weighted by Gasteiger charge is 2.24. The van der Waals surface area contributed by atoms with Crippen molar-refractivity contribution in [3.8, 4) is 11.1 Å². The number of carboxylic acid groups (broad SMARTS) is 1. The molecule has 1 atom stereocenters. The molecule has 0 bridgehead atoms. The van der Waals surface area contributed by atoms with Crippen LogP contribution in [0.4, 0.5) is 11.4 Å². The van der Waals surface area contributed by atoms with E-state index in [1.807, 2.05) is 44.2 Å². The number of rotatable bonds is 8. The van der Waals surface area contributed by atoms with Gasteiger partial charge in [-0.05, 0) is 85.8 Å². The molecule has 1 N–H and O–H groups in total. The van der Waals surface area contributed by atoms with Crippen molar-refractivity contribution >= 4 is 34.9 Å². The number of benzene rings is 3. The lowest BCUT2D eigenvalue weighted by Gasteiger charge is -2.26. The van der Waals surface area contributed by atoms with Crippen LogP contribution in [0, 0.1) is 13.8 Å². The Hall–Kier alpha value is -3.31. The van der Waals surface area contributed by atoms with Gasteiger partial charge in [0.1, 0.15) is 6.04 Å². The van der Waals surface area contributed by atoms with Crippen molar-refractivity contribution in [1.29, 1.82) is 0 Å². The van der Waals surface area contributed by atoms with Crippen molar-refractivity contribution in [2.45, 2.75) is 40.2 Å². The Labute approximate surface area is 206 Å². The molecule has 0 fully saturated rings. The number of likely N-dealkylation sites (N-methyl/N-ethyl adjacent to an activating group) is 1. The van der Waals surface area contributed by atoms with E-state index >= 15 is 0 Å². The molecule has 0 spiro atoms. The Morgan fingerprint density at radius 1 is 0.941 bits per heavy atom. The topological polar surface area (TPSA) is 60.9 Å². The summed E-state index contributed by atoms with van der Waals surface area (Å²) in [6.07, 6.45) is 0.990. The summed E-state index contributed by atoms with van der Waals surface area (Å²) in [5.41, 5.74) is 6.54. The van der Waals surface area contributed by atoms with Gasteiger partial charge in [-0.1, -0.05) is 42.8 Å². The second-order valence-corrected chi connectivity index (χ2v) is 9.00. The van der Waals surface area contributed by atoms with Crippen LogP contribution in [0.15, 0.2) is 60.7 Å². The smallest absolute Gasteiger partial charge is 0.326 e. The summed E-state index contributed by atoms with van der Waals surface area (Å²) in [4.78, 5) is 27.6. The van der Waals surface area contributed by atoms with Crippen LogP contribution in [0.2, 0.25) is 5.02 Å². The van der Waals surface area contributed by atoms with Crippen molar-refractivity contribution in [3.05, 3.63) is 82.4 Å². The minimum Gasteiger partial charge on any atom is -0.480 e. The Morgan fingerprint density at radius 2 is 1.62 bits per heavy atom. The quantitative estimate of drug-likeness (QED) is 0.390. The van der Waals surface area contributed by atoms with Crippen LogP contribution < -0.4 is 4.90 Å². The predicted octanol–water partition coefficient (Wildman–Crippen LogP) is 6.72. The number of amides is 1. The molecule has 178 valence electrons. The van der Waals surface area contributed by atoms with Crippen LogP contribution in [0.25, 0.3) is 11.1 Å². The van der Waals surface area contributed by atoms with Gasteiger partial charge < -0.3 is 14.9 Å². The van der Waals surface area contributed by atoms with Crippen LogP contribution in [-0.2, 0) is 4.79 Å². The average molecular weight is 479 g/mol. The molecule has 0 saturated heterocycles. The van der Waals surface area contributed by atoms with E-state index in [1.165, 1.54) is 18.9 Å². The van der Waals surface area contributed by atoms with Gasteiger partial charge in [0.2, 0.25) is 0 Å². The number of halogens is 1. The normalized spacial score (nSPS) is 11.7. The number of carbonyl (C=O) groups is 2. The van der Waals surface area contributed by atoms with Crippen molar-refractivity contribution in [2.75, 3.05) is 18.5 Å².